The van der Waals surface area contributed by atoms with Gasteiger partial charge in [-0.05, 0) is 32.4 Å². The predicted octanol–water partition coefficient (Wildman–Crippen LogP) is 3.51. The molecule has 0 fully saturated rings. The van der Waals surface area contributed by atoms with E-state index in [1.807, 2.05) is 6.92 Å². The number of hydrogen-bond acceptors (Lipinski definition) is 3. The van der Waals surface area contributed by atoms with Crippen LogP contribution in [0.2, 0.25) is 0 Å². The molecule has 1 aliphatic heterocycles. The minimum atomic E-state index is -0.548. The van der Waals surface area contributed by atoms with Gasteiger partial charge in [0.2, 0.25) is 5.91 Å². The fourth-order valence-electron chi connectivity index (χ4n) is 2.48. The number of hydrogen-bond donors (Lipinski definition) is 1. The summed E-state index contributed by atoms with van der Waals surface area (Å²) in [5.74, 6) is 0.511. The van der Waals surface area contributed by atoms with E-state index in [2.05, 4.69) is 18.8 Å². The molecule has 1 atom stereocenters. The molecular formula is C18H24N2O3. The van der Waals surface area contributed by atoms with Crippen LogP contribution >= 0.6 is 0 Å². The highest BCUT2D eigenvalue weighted by Crippen LogP contribution is 2.36. The van der Waals surface area contributed by atoms with E-state index in [0.29, 0.717) is 30.1 Å². The fraction of sp³-hybridized carbons (Fsp3) is 0.444. The van der Waals surface area contributed by atoms with Crippen LogP contribution in [0.4, 0.5) is 11.4 Å². The summed E-state index contributed by atoms with van der Waals surface area (Å²) in [6.07, 6.45) is 1.81. The van der Waals surface area contributed by atoms with Gasteiger partial charge in [-0.3, -0.25) is 9.59 Å². The van der Waals surface area contributed by atoms with Crippen molar-refractivity contribution in [3.63, 3.8) is 0 Å². The summed E-state index contributed by atoms with van der Waals surface area (Å²) in [6, 6.07) is 5.37. The van der Waals surface area contributed by atoms with Gasteiger partial charge in [0.25, 0.3) is 5.91 Å². The second-order valence-corrected chi connectivity index (χ2v) is 5.98. The Morgan fingerprint density at radius 2 is 2.17 bits per heavy atom. The molecule has 2 amide bonds. The van der Waals surface area contributed by atoms with Gasteiger partial charge in [0.1, 0.15) is 5.75 Å². The number of rotatable bonds is 6. The van der Waals surface area contributed by atoms with E-state index in [9.17, 15) is 9.59 Å². The molecule has 0 saturated heterocycles. The van der Waals surface area contributed by atoms with Crippen LogP contribution in [-0.4, -0.2) is 24.5 Å². The lowest BCUT2D eigenvalue weighted by Crippen LogP contribution is -2.45. The molecule has 1 heterocycles. The van der Waals surface area contributed by atoms with Gasteiger partial charge in [-0.25, -0.2) is 0 Å². The summed E-state index contributed by atoms with van der Waals surface area (Å²) in [4.78, 5) is 25.8. The molecule has 0 radical (unpaired) electrons. The third kappa shape index (κ3) is 4.12. The van der Waals surface area contributed by atoms with E-state index in [-0.39, 0.29) is 11.8 Å². The number of ether oxygens (including phenoxy) is 1. The molecule has 0 bridgehead atoms. The zero-order valence-corrected chi connectivity index (χ0v) is 14.0. The number of fused-ring (bicyclic) bond motifs is 1. The number of nitrogens with zero attached hydrogens (tertiary/aromatic N) is 1. The second-order valence-electron chi connectivity index (χ2n) is 5.98. The van der Waals surface area contributed by atoms with Gasteiger partial charge in [-0.15, -0.1) is 0 Å². The molecule has 23 heavy (non-hydrogen) atoms. The van der Waals surface area contributed by atoms with Crippen LogP contribution in [0, 0.1) is 0 Å². The smallest absolute Gasteiger partial charge is 0.268 e. The summed E-state index contributed by atoms with van der Waals surface area (Å²) in [5, 5.41) is 2.87. The fourth-order valence-corrected chi connectivity index (χ4v) is 2.48. The molecule has 2 rings (SSSR count). The number of amides is 2. The van der Waals surface area contributed by atoms with Crippen LogP contribution in [0.5, 0.6) is 5.75 Å². The monoisotopic (exact) mass is 316 g/mol. The number of anilines is 2. The molecule has 1 aromatic carbocycles. The Labute approximate surface area is 137 Å². The Morgan fingerprint density at radius 3 is 2.83 bits per heavy atom. The summed E-state index contributed by atoms with van der Waals surface area (Å²) in [5.41, 5.74) is 2.29. The first-order valence-electron chi connectivity index (χ1n) is 7.98. The van der Waals surface area contributed by atoms with Crippen molar-refractivity contribution in [1.29, 1.82) is 0 Å². The van der Waals surface area contributed by atoms with Gasteiger partial charge in [-0.2, -0.15) is 0 Å². The Morgan fingerprint density at radius 1 is 1.43 bits per heavy atom. The standard InChI is InChI=1S/C18H24N2O3/c1-5-6-7-17(21)19-14-8-9-15-16(10-14)23-13(4)18(22)20(15)11-12(2)3/h8-10,13H,2,5-7,11H2,1,3-4H3,(H,19,21). The van der Waals surface area contributed by atoms with Crippen LogP contribution < -0.4 is 15.0 Å². The van der Waals surface area contributed by atoms with E-state index in [4.69, 9.17) is 4.74 Å². The average Bonchev–Trinajstić information content (AvgIpc) is 2.49. The van der Waals surface area contributed by atoms with Crippen LogP contribution in [0.25, 0.3) is 0 Å². The number of carbonyl (C=O) groups is 2. The molecule has 0 spiro atoms. The van der Waals surface area contributed by atoms with Crippen molar-refractivity contribution in [2.24, 2.45) is 0 Å². The molecule has 5 nitrogen and oxygen atoms in total. The molecule has 1 aromatic rings. The van der Waals surface area contributed by atoms with Gasteiger partial charge in [-0.1, -0.05) is 25.5 Å². The van der Waals surface area contributed by atoms with E-state index in [1.165, 1.54) is 0 Å². The SMILES string of the molecule is C=C(C)CN1C(=O)C(C)Oc2cc(NC(=O)CCCC)ccc21. The maximum Gasteiger partial charge on any atom is 0.268 e. The molecule has 0 aromatic heterocycles. The van der Waals surface area contributed by atoms with Crippen LogP contribution in [-0.2, 0) is 9.59 Å². The zero-order valence-electron chi connectivity index (χ0n) is 14.0. The molecule has 1 aliphatic rings. The van der Waals surface area contributed by atoms with E-state index in [1.54, 1.807) is 30.0 Å². The Hall–Kier alpha value is -2.30. The summed E-state index contributed by atoms with van der Waals surface area (Å²) >= 11 is 0. The maximum atomic E-state index is 12.3. The third-order valence-corrected chi connectivity index (χ3v) is 3.64. The Balaban J connectivity index is 2.21. The van der Waals surface area contributed by atoms with Gasteiger partial charge >= 0.3 is 0 Å². The van der Waals surface area contributed by atoms with Gasteiger partial charge in [0.15, 0.2) is 6.10 Å². The third-order valence-electron chi connectivity index (χ3n) is 3.64. The summed E-state index contributed by atoms with van der Waals surface area (Å²) < 4.78 is 5.69. The topological polar surface area (TPSA) is 58.6 Å². The van der Waals surface area contributed by atoms with Crippen molar-refractivity contribution in [2.45, 2.75) is 46.1 Å². The molecule has 1 unspecified atom stereocenters. The predicted molar refractivity (Wildman–Crippen MR) is 91.9 cm³/mol. The number of unbranched alkanes of at least 4 members (excludes halogenated alkanes) is 1. The highest BCUT2D eigenvalue weighted by Gasteiger charge is 2.31. The lowest BCUT2D eigenvalue weighted by Gasteiger charge is -2.33. The molecular weight excluding hydrogens is 292 g/mol. The van der Waals surface area contributed by atoms with Crippen molar-refractivity contribution in [3.8, 4) is 5.75 Å². The van der Waals surface area contributed by atoms with E-state index < -0.39 is 6.10 Å². The molecule has 0 aliphatic carbocycles. The highest BCUT2D eigenvalue weighted by molar-refractivity contribution is 6.01. The molecule has 5 heteroatoms. The Bertz CT molecular complexity index is 625. The van der Waals surface area contributed by atoms with E-state index >= 15 is 0 Å². The largest absolute Gasteiger partial charge is 0.479 e. The lowest BCUT2D eigenvalue weighted by molar-refractivity contribution is -0.125. The van der Waals surface area contributed by atoms with Crippen molar-refractivity contribution < 1.29 is 14.3 Å². The second kappa shape index (κ2) is 7.31. The quantitative estimate of drug-likeness (QED) is 0.817. The van der Waals surface area contributed by atoms with Crippen LogP contribution in [0.15, 0.2) is 30.4 Å². The number of nitrogens with one attached hydrogen (secondary N) is 1. The average molecular weight is 316 g/mol. The highest BCUT2D eigenvalue weighted by atomic mass is 16.5. The first kappa shape index (κ1) is 17.1. The first-order valence-corrected chi connectivity index (χ1v) is 7.98. The van der Waals surface area contributed by atoms with Gasteiger partial charge in [0.05, 0.1) is 5.69 Å². The summed E-state index contributed by atoms with van der Waals surface area (Å²) in [7, 11) is 0. The first-order chi connectivity index (χ1) is 10.9. The van der Waals surface area contributed by atoms with Crippen molar-refractivity contribution in [1.82, 2.24) is 0 Å². The molecule has 0 saturated carbocycles. The van der Waals surface area contributed by atoms with Crippen molar-refractivity contribution >= 4 is 23.2 Å². The van der Waals surface area contributed by atoms with Crippen molar-refractivity contribution in [3.05, 3.63) is 30.4 Å². The van der Waals surface area contributed by atoms with Gasteiger partial charge in [0, 0.05) is 24.7 Å². The van der Waals surface area contributed by atoms with Crippen molar-refractivity contribution in [2.75, 3.05) is 16.8 Å². The summed E-state index contributed by atoms with van der Waals surface area (Å²) in [6.45, 7) is 10.00. The minimum Gasteiger partial charge on any atom is -0.479 e. The van der Waals surface area contributed by atoms with Crippen LogP contribution in [0.3, 0.4) is 0 Å². The number of carbonyl (C=O) groups excluding carboxylic acids is 2. The molecule has 124 valence electrons. The Kier molecular flexibility index (Phi) is 5.42. The molecule has 1 N–H and O–H groups in total. The van der Waals surface area contributed by atoms with Crippen LogP contribution in [0.1, 0.15) is 40.0 Å². The number of benzene rings is 1. The normalized spacial score (nSPS) is 16.6. The minimum absolute atomic E-state index is 0.00877. The lowest BCUT2D eigenvalue weighted by atomic mass is 10.1. The zero-order chi connectivity index (χ0) is 17.0. The maximum absolute atomic E-state index is 12.3. The van der Waals surface area contributed by atoms with Gasteiger partial charge < -0.3 is 15.0 Å². The van der Waals surface area contributed by atoms with E-state index in [0.717, 1.165) is 18.4 Å².